The highest BCUT2D eigenvalue weighted by Crippen LogP contribution is 2.20. The van der Waals surface area contributed by atoms with Gasteiger partial charge in [0, 0.05) is 13.0 Å². The maximum atomic E-state index is 10.7. The number of carbonyl (C=O) groups is 1. The molecule has 0 spiro atoms. The van der Waals surface area contributed by atoms with Crippen LogP contribution in [0.15, 0.2) is 18.2 Å². The summed E-state index contributed by atoms with van der Waals surface area (Å²) in [6, 6.07) is 6.20. The molecule has 0 bridgehead atoms. The maximum absolute atomic E-state index is 10.7. The third-order valence-corrected chi connectivity index (χ3v) is 3.09. The summed E-state index contributed by atoms with van der Waals surface area (Å²) in [7, 11) is 0. The van der Waals surface area contributed by atoms with Crippen LogP contribution in [0.25, 0.3) is 11.0 Å². The second-order valence-corrected chi connectivity index (χ2v) is 5.42. The Labute approximate surface area is 113 Å². The Kier molecular flexibility index (Phi) is 3.88. The van der Waals surface area contributed by atoms with E-state index >= 15 is 0 Å². The molecule has 0 fully saturated rings. The van der Waals surface area contributed by atoms with E-state index in [4.69, 9.17) is 5.11 Å². The van der Waals surface area contributed by atoms with Crippen LogP contribution in [-0.4, -0.2) is 20.6 Å². The number of aromatic nitrogens is 2. The van der Waals surface area contributed by atoms with Gasteiger partial charge >= 0.3 is 5.97 Å². The van der Waals surface area contributed by atoms with E-state index in [9.17, 15) is 4.79 Å². The summed E-state index contributed by atoms with van der Waals surface area (Å²) < 4.78 is 2.16. The van der Waals surface area contributed by atoms with E-state index in [1.54, 1.807) is 0 Å². The second kappa shape index (κ2) is 5.43. The normalized spacial score (nSPS) is 11.4. The van der Waals surface area contributed by atoms with Crippen LogP contribution >= 0.6 is 0 Å². The van der Waals surface area contributed by atoms with Crippen molar-refractivity contribution in [2.45, 2.75) is 40.2 Å². The second-order valence-electron chi connectivity index (χ2n) is 5.42. The third kappa shape index (κ3) is 3.13. The van der Waals surface area contributed by atoms with E-state index in [2.05, 4.69) is 41.6 Å². The smallest absolute Gasteiger partial charge is 0.303 e. The van der Waals surface area contributed by atoms with Crippen molar-refractivity contribution in [1.29, 1.82) is 0 Å². The molecule has 0 aliphatic rings. The number of aliphatic carboxylic acids is 1. The topological polar surface area (TPSA) is 55.1 Å². The van der Waals surface area contributed by atoms with E-state index in [1.807, 2.05) is 6.92 Å². The first kappa shape index (κ1) is 13.6. The van der Waals surface area contributed by atoms with Crippen LogP contribution in [0.5, 0.6) is 0 Å². The number of imidazole rings is 1. The predicted octanol–water partition coefficient (Wildman–Crippen LogP) is 3.02. The summed E-state index contributed by atoms with van der Waals surface area (Å²) in [5.41, 5.74) is 3.23. The van der Waals surface area contributed by atoms with Crippen LogP contribution in [-0.2, 0) is 17.8 Å². The van der Waals surface area contributed by atoms with Crippen LogP contribution in [0.1, 0.15) is 31.7 Å². The van der Waals surface area contributed by atoms with Gasteiger partial charge in [-0.3, -0.25) is 4.79 Å². The van der Waals surface area contributed by atoms with Crippen LogP contribution in [0.2, 0.25) is 0 Å². The monoisotopic (exact) mass is 260 g/mol. The van der Waals surface area contributed by atoms with Crippen molar-refractivity contribution in [2.24, 2.45) is 5.92 Å². The molecule has 102 valence electrons. The van der Waals surface area contributed by atoms with Crippen LogP contribution in [0.4, 0.5) is 0 Å². The van der Waals surface area contributed by atoms with Gasteiger partial charge in [-0.15, -0.1) is 0 Å². The Morgan fingerprint density at radius 3 is 2.79 bits per heavy atom. The number of carboxylic acid groups (broad SMARTS) is 1. The molecule has 0 saturated carbocycles. The van der Waals surface area contributed by atoms with Crippen LogP contribution in [0.3, 0.4) is 0 Å². The summed E-state index contributed by atoms with van der Waals surface area (Å²) >= 11 is 0. The molecule has 0 amide bonds. The molecule has 4 heteroatoms. The first-order valence-electron chi connectivity index (χ1n) is 6.65. The molecule has 1 aromatic heterocycles. The number of hydrogen-bond donors (Lipinski definition) is 1. The molecule has 0 radical (unpaired) electrons. The Balaban J connectivity index is 2.44. The van der Waals surface area contributed by atoms with Crippen molar-refractivity contribution >= 4 is 17.0 Å². The van der Waals surface area contributed by atoms with E-state index < -0.39 is 5.97 Å². The summed E-state index contributed by atoms with van der Waals surface area (Å²) in [6.45, 7) is 7.22. The van der Waals surface area contributed by atoms with Gasteiger partial charge in [-0.25, -0.2) is 4.98 Å². The number of fused-ring (bicyclic) bond motifs is 1. The van der Waals surface area contributed by atoms with E-state index in [0.29, 0.717) is 12.3 Å². The average molecular weight is 260 g/mol. The molecule has 2 rings (SSSR count). The molecule has 4 nitrogen and oxygen atoms in total. The molecule has 0 unspecified atom stereocenters. The molecule has 1 N–H and O–H groups in total. The number of hydrogen-bond acceptors (Lipinski definition) is 2. The minimum Gasteiger partial charge on any atom is -0.481 e. The highest BCUT2D eigenvalue weighted by atomic mass is 16.4. The van der Waals surface area contributed by atoms with Crippen molar-refractivity contribution < 1.29 is 9.90 Å². The SMILES string of the molecule is Cc1ccc2c(c1)nc(CCC(=O)O)n2CC(C)C. The first-order chi connectivity index (χ1) is 8.97. The van der Waals surface area contributed by atoms with E-state index in [0.717, 1.165) is 23.4 Å². The van der Waals surface area contributed by atoms with Gasteiger partial charge in [0.25, 0.3) is 0 Å². The third-order valence-electron chi connectivity index (χ3n) is 3.09. The average Bonchev–Trinajstić information content (AvgIpc) is 2.63. The minimum atomic E-state index is -0.778. The molecule has 19 heavy (non-hydrogen) atoms. The molecule has 0 aliphatic heterocycles. The summed E-state index contributed by atoms with van der Waals surface area (Å²) in [5, 5.41) is 8.83. The Morgan fingerprint density at radius 1 is 1.42 bits per heavy atom. The fourth-order valence-corrected chi connectivity index (χ4v) is 2.27. The lowest BCUT2D eigenvalue weighted by atomic mass is 10.2. The predicted molar refractivity (Wildman–Crippen MR) is 75.3 cm³/mol. The quantitative estimate of drug-likeness (QED) is 0.899. The van der Waals surface area contributed by atoms with Gasteiger partial charge in [-0.2, -0.15) is 0 Å². The Morgan fingerprint density at radius 2 is 2.16 bits per heavy atom. The van der Waals surface area contributed by atoms with Gasteiger partial charge < -0.3 is 9.67 Å². The number of carboxylic acids is 1. The number of benzene rings is 1. The van der Waals surface area contributed by atoms with Crippen LogP contribution in [0, 0.1) is 12.8 Å². The highest BCUT2D eigenvalue weighted by Gasteiger charge is 2.13. The lowest BCUT2D eigenvalue weighted by molar-refractivity contribution is -0.137. The zero-order chi connectivity index (χ0) is 14.0. The number of rotatable bonds is 5. The molecule has 1 aromatic carbocycles. The van der Waals surface area contributed by atoms with E-state index in [-0.39, 0.29) is 6.42 Å². The minimum absolute atomic E-state index is 0.125. The molecular formula is C15H20N2O2. The van der Waals surface area contributed by atoms with E-state index in [1.165, 1.54) is 5.56 Å². The molecule has 2 aromatic rings. The van der Waals surface area contributed by atoms with Gasteiger partial charge in [0.1, 0.15) is 5.82 Å². The number of aryl methyl sites for hydroxylation is 2. The van der Waals surface area contributed by atoms with Crippen molar-refractivity contribution in [1.82, 2.24) is 9.55 Å². The number of nitrogens with zero attached hydrogens (tertiary/aromatic N) is 2. The molecule has 0 saturated heterocycles. The fraction of sp³-hybridized carbons (Fsp3) is 0.467. The standard InChI is InChI=1S/C15H20N2O2/c1-10(2)9-17-13-5-4-11(3)8-12(13)16-14(17)6-7-15(18)19/h4-5,8,10H,6-7,9H2,1-3H3,(H,18,19). The summed E-state index contributed by atoms with van der Waals surface area (Å²) in [6.07, 6.45) is 0.607. The molecule has 0 atom stereocenters. The molecular weight excluding hydrogens is 240 g/mol. The Bertz CT molecular complexity index is 599. The summed E-state index contributed by atoms with van der Waals surface area (Å²) in [4.78, 5) is 15.3. The fourth-order valence-electron chi connectivity index (χ4n) is 2.27. The summed E-state index contributed by atoms with van der Waals surface area (Å²) in [5.74, 6) is 0.596. The van der Waals surface area contributed by atoms with Gasteiger partial charge in [-0.1, -0.05) is 19.9 Å². The van der Waals surface area contributed by atoms with Crippen LogP contribution < -0.4 is 0 Å². The van der Waals surface area contributed by atoms with Gasteiger partial charge in [0.2, 0.25) is 0 Å². The lowest BCUT2D eigenvalue weighted by Crippen LogP contribution is -2.10. The van der Waals surface area contributed by atoms with Gasteiger partial charge in [-0.05, 0) is 30.5 Å². The molecule has 1 heterocycles. The molecule has 0 aliphatic carbocycles. The van der Waals surface area contributed by atoms with Crippen molar-refractivity contribution in [2.75, 3.05) is 0 Å². The first-order valence-corrected chi connectivity index (χ1v) is 6.65. The Hall–Kier alpha value is -1.84. The highest BCUT2D eigenvalue weighted by molar-refractivity contribution is 5.77. The van der Waals surface area contributed by atoms with Gasteiger partial charge in [0.15, 0.2) is 0 Å². The zero-order valence-electron chi connectivity index (χ0n) is 11.7. The lowest BCUT2D eigenvalue weighted by Gasteiger charge is -2.11. The van der Waals surface area contributed by atoms with Crippen molar-refractivity contribution in [3.63, 3.8) is 0 Å². The van der Waals surface area contributed by atoms with Crippen molar-refractivity contribution in [3.8, 4) is 0 Å². The van der Waals surface area contributed by atoms with Gasteiger partial charge in [0.05, 0.1) is 17.5 Å². The maximum Gasteiger partial charge on any atom is 0.303 e. The van der Waals surface area contributed by atoms with Crippen molar-refractivity contribution in [3.05, 3.63) is 29.6 Å². The zero-order valence-corrected chi connectivity index (χ0v) is 11.7. The largest absolute Gasteiger partial charge is 0.481 e.